The van der Waals surface area contributed by atoms with Crippen molar-refractivity contribution in [1.29, 1.82) is 0 Å². The van der Waals surface area contributed by atoms with Gasteiger partial charge in [-0.05, 0) is 19.8 Å². The van der Waals surface area contributed by atoms with E-state index in [1.54, 1.807) is 0 Å². The minimum absolute atomic E-state index is 0.0102. The van der Waals surface area contributed by atoms with Crippen LogP contribution in [-0.2, 0) is 4.79 Å². The van der Waals surface area contributed by atoms with Gasteiger partial charge in [-0.1, -0.05) is 24.2 Å². The van der Waals surface area contributed by atoms with Gasteiger partial charge in [-0.15, -0.1) is 10.2 Å². The highest BCUT2D eigenvalue weighted by Crippen LogP contribution is 2.17. The van der Waals surface area contributed by atoms with Crippen LogP contribution in [0.25, 0.3) is 0 Å². The summed E-state index contributed by atoms with van der Waals surface area (Å²) in [7, 11) is 0. The van der Waals surface area contributed by atoms with Crippen LogP contribution in [0, 0.1) is 6.92 Å². The number of carbonyl (C=O) groups excluding carboxylic acids is 2. The number of hydrogen-bond acceptors (Lipinski definition) is 5. The van der Waals surface area contributed by atoms with Gasteiger partial charge in [0.2, 0.25) is 11.0 Å². The van der Waals surface area contributed by atoms with E-state index in [4.69, 9.17) is 0 Å². The molecule has 1 fully saturated rings. The lowest BCUT2D eigenvalue weighted by Crippen LogP contribution is -2.36. The Morgan fingerprint density at radius 1 is 1.30 bits per heavy atom. The Morgan fingerprint density at radius 3 is 2.70 bits per heavy atom. The summed E-state index contributed by atoms with van der Waals surface area (Å²) in [6.45, 7) is 2.12. The minimum Gasteiger partial charge on any atom is -0.353 e. The van der Waals surface area contributed by atoms with E-state index >= 15 is 0 Å². The van der Waals surface area contributed by atoms with Gasteiger partial charge < -0.3 is 10.6 Å². The molecule has 20 heavy (non-hydrogen) atoms. The average molecular weight is 297 g/mol. The highest BCUT2D eigenvalue weighted by Gasteiger charge is 2.16. The third-order valence-corrected chi connectivity index (χ3v) is 3.86. The SMILES string of the molecule is Cc1nnc(NC(=O)NCCC(=O)NC2CCCC2)s1. The highest BCUT2D eigenvalue weighted by molar-refractivity contribution is 7.15. The predicted molar refractivity (Wildman–Crippen MR) is 76.7 cm³/mol. The van der Waals surface area contributed by atoms with Gasteiger partial charge in [0.25, 0.3) is 0 Å². The second kappa shape index (κ2) is 7.18. The Bertz CT molecular complexity index is 470. The number of urea groups is 1. The lowest BCUT2D eigenvalue weighted by molar-refractivity contribution is -0.121. The van der Waals surface area contributed by atoms with Gasteiger partial charge in [0.05, 0.1) is 0 Å². The molecule has 3 N–H and O–H groups in total. The number of hydrogen-bond donors (Lipinski definition) is 3. The Hall–Kier alpha value is -1.70. The maximum Gasteiger partial charge on any atom is 0.321 e. The highest BCUT2D eigenvalue weighted by atomic mass is 32.1. The van der Waals surface area contributed by atoms with Gasteiger partial charge in [0.1, 0.15) is 5.01 Å². The summed E-state index contributed by atoms with van der Waals surface area (Å²) in [6.07, 6.45) is 4.80. The Kier molecular flexibility index (Phi) is 5.28. The molecule has 7 nitrogen and oxygen atoms in total. The molecule has 1 aliphatic carbocycles. The van der Waals surface area contributed by atoms with E-state index in [2.05, 4.69) is 26.1 Å². The molecule has 0 radical (unpaired) electrons. The van der Waals surface area contributed by atoms with Crippen molar-refractivity contribution in [2.45, 2.75) is 45.1 Å². The van der Waals surface area contributed by atoms with Crippen LogP contribution in [0.15, 0.2) is 0 Å². The van der Waals surface area contributed by atoms with Crippen LogP contribution >= 0.6 is 11.3 Å². The van der Waals surface area contributed by atoms with Gasteiger partial charge in [-0.25, -0.2) is 4.79 Å². The van der Waals surface area contributed by atoms with Crippen LogP contribution < -0.4 is 16.0 Å². The predicted octanol–water partition coefficient (Wildman–Crippen LogP) is 1.42. The first kappa shape index (κ1) is 14.7. The van der Waals surface area contributed by atoms with Crippen molar-refractivity contribution >= 4 is 28.4 Å². The average Bonchev–Trinajstić information content (AvgIpc) is 3.01. The summed E-state index contributed by atoms with van der Waals surface area (Å²) in [5.74, 6) is -0.0102. The van der Waals surface area contributed by atoms with Crippen LogP contribution in [0.1, 0.15) is 37.1 Å². The van der Waals surface area contributed by atoms with E-state index in [-0.39, 0.29) is 11.9 Å². The quantitative estimate of drug-likeness (QED) is 0.765. The lowest BCUT2D eigenvalue weighted by Gasteiger charge is -2.11. The van der Waals surface area contributed by atoms with Crippen LogP contribution in [0.4, 0.5) is 9.93 Å². The number of aromatic nitrogens is 2. The van der Waals surface area contributed by atoms with Crippen LogP contribution in [0.2, 0.25) is 0 Å². The summed E-state index contributed by atoms with van der Waals surface area (Å²) in [5.41, 5.74) is 0. The number of nitrogens with one attached hydrogen (secondary N) is 3. The summed E-state index contributed by atoms with van der Waals surface area (Å²) < 4.78 is 0. The van der Waals surface area contributed by atoms with Crippen LogP contribution in [0.5, 0.6) is 0 Å². The van der Waals surface area contributed by atoms with E-state index in [9.17, 15) is 9.59 Å². The molecule has 0 saturated heterocycles. The molecule has 2 rings (SSSR count). The maximum atomic E-state index is 11.6. The Balaban J connectivity index is 1.60. The topological polar surface area (TPSA) is 96.0 Å². The molecule has 0 bridgehead atoms. The lowest BCUT2D eigenvalue weighted by atomic mass is 10.2. The van der Waals surface area contributed by atoms with Crippen molar-refractivity contribution in [3.8, 4) is 0 Å². The normalized spacial score (nSPS) is 15.1. The first-order valence-corrected chi connectivity index (χ1v) is 7.59. The molecule has 0 atom stereocenters. The van der Waals surface area contributed by atoms with E-state index < -0.39 is 0 Å². The monoisotopic (exact) mass is 297 g/mol. The summed E-state index contributed by atoms with van der Waals surface area (Å²) in [6, 6.07) is -0.0458. The second-order valence-corrected chi connectivity index (χ2v) is 5.99. The zero-order chi connectivity index (χ0) is 14.4. The third-order valence-electron chi connectivity index (χ3n) is 3.10. The fourth-order valence-corrected chi connectivity index (χ4v) is 2.73. The summed E-state index contributed by atoms with van der Waals surface area (Å²) in [4.78, 5) is 23.2. The largest absolute Gasteiger partial charge is 0.353 e. The number of rotatable bonds is 5. The molecular formula is C12H19N5O2S. The van der Waals surface area contributed by atoms with Crippen LogP contribution in [-0.4, -0.2) is 34.7 Å². The number of amides is 3. The molecule has 0 unspecified atom stereocenters. The number of aryl methyl sites for hydroxylation is 1. The Morgan fingerprint density at radius 2 is 2.05 bits per heavy atom. The molecule has 1 aromatic rings. The van der Waals surface area contributed by atoms with Gasteiger partial charge in [-0.3, -0.25) is 10.1 Å². The molecular weight excluding hydrogens is 278 g/mol. The molecule has 1 aliphatic rings. The molecule has 0 aliphatic heterocycles. The Labute approximate surface area is 121 Å². The smallest absolute Gasteiger partial charge is 0.321 e. The van der Waals surface area contributed by atoms with Crippen molar-refractivity contribution < 1.29 is 9.59 Å². The first-order valence-electron chi connectivity index (χ1n) is 6.78. The standard InChI is InChI=1S/C12H19N5O2S/c1-8-16-17-12(20-8)15-11(19)13-7-6-10(18)14-9-4-2-3-5-9/h9H,2-7H2,1H3,(H,14,18)(H2,13,15,17,19). The van der Waals surface area contributed by atoms with E-state index in [0.717, 1.165) is 17.8 Å². The molecule has 1 saturated carbocycles. The summed E-state index contributed by atoms with van der Waals surface area (Å²) in [5, 5.41) is 17.0. The van der Waals surface area contributed by atoms with E-state index in [1.165, 1.54) is 24.2 Å². The molecule has 1 heterocycles. The molecule has 110 valence electrons. The van der Waals surface area contributed by atoms with Gasteiger partial charge in [0.15, 0.2) is 0 Å². The number of anilines is 1. The maximum absolute atomic E-state index is 11.6. The fraction of sp³-hybridized carbons (Fsp3) is 0.667. The zero-order valence-electron chi connectivity index (χ0n) is 11.4. The molecule has 3 amide bonds. The molecule has 1 aromatic heterocycles. The van der Waals surface area contributed by atoms with Crippen molar-refractivity contribution in [2.24, 2.45) is 0 Å². The van der Waals surface area contributed by atoms with Crippen molar-refractivity contribution in [2.75, 3.05) is 11.9 Å². The number of carbonyl (C=O) groups is 2. The third kappa shape index (κ3) is 4.76. The first-order chi connectivity index (χ1) is 9.63. The zero-order valence-corrected chi connectivity index (χ0v) is 12.3. The fourth-order valence-electron chi connectivity index (χ4n) is 2.15. The van der Waals surface area contributed by atoms with E-state index in [1.807, 2.05) is 6.92 Å². The second-order valence-electron chi connectivity index (χ2n) is 4.81. The van der Waals surface area contributed by atoms with Gasteiger partial charge in [-0.2, -0.15) is 0 Å². The van der Waals surface area contributed by atoms with Crippen LogP contribution in [0.3, 0.4) is 0 Å². The summed E-state index contributed by atoms with van der Waals surface area (Å²) >= 11 is 1.30. The van der Waals surface area contributed by atoms with Crippen molar-refractivity contribution in [3.63, 3.8) is 0 Å². The van der Waals surface area contributed by atoms with Crippen molar-refractivity contribution in [3.05, 3.63) is 5.01 Å². The van der Waals surface area contributed by atoms with Crippen molar-refractivity contribution in [1.82, 2.24) is 20.8 Å². The van der Waals surface area contributed by atoms with E-state index in [0.29, 0.717) is 24.1 Å². The number of nitrogens with zero attached hydrogens (tertiary/aromatic N) is 2. The molecule has 0 aromatic carbocycles. The molecule has 0 spiro atoms. The van der Waals surface area contributed by atoms with Gasteiger partial charge in [0, 0.05) is 19.0 Å². The molecule has 8 heteroatoms. The van der Waals surface area contributed by atoms with Gasteiger partial charge >= 0.3 is 6.03 Å². The minimum atomic E-state index is -0.366.